The van der Waals surface area contributed by atoms with E-state index in [4.69, 9.17) is 0 Å². The largest absolute Gasteiger partial charge is 0.350 e. The van der Waals surface area contributed by atoms with Crippen LogP contribution in [0.25, 0.3) is 0 Å². The summed E-state index contributed by atoms with van der Waals surface area (Å²) in [4.78, 5) is 12.5. The molecule has 30 heavy (non-hydrogen) atoms. The van der Waals surface area contributed by atoms with Gasteiger partial charge < -0.3 is 5.32 Å². The van der Waals surface area contributed by atoms with E-state index in [9.17, 15) is 13.2 Å². The molecule has 1 amide bonds. The smallest absolute Gasteiger partial charge is 0.251 e. The minimum absolute atomic E-state index is 0.0307. The van der Waals surface area contributed by atoms with Gasteiger partial charge in [0.25, 0.3) is 5.91 Å². The molecular formula is C25H35NO3S. The second-order valence-electron chi connectivity index (χ2n) is 9.41. The van der Waals surface area contributed by atoms with Gasteiger partial charge in [0, 0.05) is 11.6 Å². The van der Waals surface area contributed by atoms with Gasteiger partial charge in [-0.3, -0.25) is 4.79 Å². The average Bonchev–Trinajstić information content (AvgIpc) is 2.61. The maximum atomic E-state index is 12.5. The molecule has 0 saturated heterocycles. The predicted octanol–water partition coefficient (Wildman–Crippen LogP) is 4.94. The van der Waals surface area contributed by atoms with E-state index in [2.05, 4.69) is 11.4 Å². The Morgan fingerprint density at radius 2 is 1.53 bits per heavy atom. The van der Waals surface area contributed by atoms with Crippen LogP contribution in [0.15, 0.2) is 36.4 Å². The minimum atomic E-state index is -3.19. The van der Waals surface area contributed by atoms with Crippen LogP contribution in [0.3, 0.4) is 0 Å². The van der Waals surface area contributed by atoms with E-state index >= 15 is 0 Å². The molecule has 2 rings (SSSR count). The van der Waals surface area contributed by atoms with Crippen molar-refractivity contribution < 1.29 is 13.2 Å². The lowest BCUT2D eigenvalue weighted by Crippen LogP contribution is -2.30. The van der Waals surface area contributed by atoms with Crippen molar-refractivity contribution in [3.63, 3.8) is 0 Å². The van der Waals surface area contributed by atoms with Crippen molar-refractivity contribution in [1.29, 1.82) is 0 Å². The standard InChI is InChI=1S/C25H35NO3S/c1-17(2)26-24(27)23-15-18(3)14-22(19(23)4)13-12-20-8-10-21(11-9-20)16-30(28,29)25(5,6)7/h8-11,14-15,17H,12-13,16H2,1-7H3,(H,26,27). The zero-order valence-corrected chi connectivity index (χ0v) is 20.1. The lowest BCUT2D eigenvalue weighted by atomic mass is 9.94. The van der Waals surface area contributed by atoms with Gasteiger partial charge in [-0.2, -0.15) is 0 Å². The molecule has 4 nitrogen and oxygen atoms in total. The van der Waals surface area contributed by atoms with Gasteiger partial charge in [-0.1, -0.05) is 35.9 Å². The first-order valence-electron chi connectivity index (χ1n) is 10.5. The topological polar surface area (TPSA) is 63.2 Å². The van der Waals surface area contributed by atoms with Gasteiger partial charge in [0.05, 0.1) is 10.5 Å². The predicted molar refractivity (Wildman–Crippen MR) is 125 cm³/mol. The summed E-state index contributed by atoms with van der Waals surface area (Å²) in [5.41, 5.74) is 5.97. The molecule has 2 aromatic carbocycles. The maximum Gasteiger partial charge on any atom is 0.251 e. The number of carbonyl (C=O) groups excluding carboxylic acids is 1. The van der Waals surface area contributed by atoms with Gasteiger partial charge >= 0.3 is 0 Å². The van der Waals surface area contributed by atoms with Gasteiger partial charge in [0.2, 0.25) is 0 Å². The number of sulfone groups is 1. The van der Waals surface area contributed by atoms with Crippen LogP contribution in [-0.2, 0) is 28.4 Å². The molecule has 164 valence electrons. The number of rotatable bonds is 7. The molecule has 0 aliphatic rings. The SMILES string of the molecule is Cc1cc(CCc2ccc(CS(=O)(=O)C(C)(C)C)cc2)c(C)c(C(=O)NC(C)C)c1. The number of hydrogen-bond donors (Lipinski definition) is 1. The molecule has 0 aliphatic carbocycles. The van der Waals surface area contributed by atoms with Gasteiger partial charge in [-0.25, -0.2) is 8.42 Å². The molecule has 0 unspecified atom stereocenters. The summed E-state index contributed by atoms with van der Waals surface area (Å²) in [6.45, 7) is 13.1. The monoisotopic (exact) mass is 429 g/mol. The Bertz CT molecular complexity index is 998. The van der Waals surface area contributed by atoms with Crippen LogP contribution in [-0.4, -0.2) is 25.1 Å². The molecule has 0 radical (unpaired) electrons. The summed E-state index contributed by atoms with van der Waals surface area (Å²) in [6, 6.07) is 12.0. The Balaban J connectivity index is 2.12. The molecule has 0 saturated carbocycles. The van der Waals surface area contributed by atoms with Crippen LogP contribution >= 0.6 is 0 Å². The van der Waals surface area contributed by atoms with E-state index in [1.165, 1.54) is 5.56 Å². The average molecular weight is 430 g/mol. The highest BCUT2D eigenvalue weighted by molar-refractivity contribution is 7.91. The first-order valence-corrected chi connectivity index (χ1v) is 12.2. The van der Waals surface area contributed by atoms with Gasteiger partial charge in [-0.15, -0.1) is 0 Å². The quantitative estimate of drug-likeness (QED) is 0.678. The third-order valence-corrected chi connectivity index (χ3v) is 7.90. The molecule has 0 fully saturated rings. The van der Waals surface area contributed by atoms with Crippen LogP contribution in [0.1, 0.15) is 72.8 Å². The number of benzene rings is 2. The Morgan fingerprint density at radius 3 is 2.07 bits per heavy atom. The summed E-state index contributed by atoms with van der Waals surface area (Å²) >= 11 is 0. The van der Waals surface area contributed by atoms with E-state index in [1.54, 1.807) is 20.8 Å². The second-order valence-corrected chi connectivity index (χ2v) is 12.2. The third-order valence-electron chi connectivity index (χ3n) is 5.32. The first kappa shape index (κ1) is 24.1. The highest BCUT2D eigenvalue weighted by atomic mass is 32.2. The summed E-state index contributed by atoms with van der Waals surface area (Å²) < 4.78 is 24.1. The van der Waals surface area contributed by atoms with Crippen molar-refractivity contribution in [3.8, 4) is 0 Å². The maximum absolute atomic E-state index is 12.5. The molecule has 1 N–H and O–H groups in total. The van der Waals surface area contributed by atoms with Crippen LogP contribution < -0.4 is 5.32 Å². The van der Waals surface area contributed by atoms with Crippen molar-refractivity contribution in [3.05, 3.63) is 69.8 Å². The van der Waals surface area contributed by atoms with E-state index in [1.807, 2.05) is 58.0 Å². The van der Waals surface area contributed by atoms with Crippen molar-refractivity contribution in [2.24, 2.45) is 0 Å². The van der Waals surface area contributed by atoms with Crippen molar-refractivity contribution in [2.75, 3.05) is 0 Å². The lowest BCUT2D eigenvalue weighted by Gasteiger charge is -2.19. The Kier molecular flexibility index (Phi) is 7.51. The summed E-state index contributed by atoms with van der Waals surface area (Å²) in [6.07, 6.45) is 1.66. The Hall–Kier alpha value is -2.14. The fourth-order valence-corrected chi connectivity index (χ4v) is 4.35. The van der Waals surface area contributed by atoms with E-state index in [-0.39, 0.29) is 17.7 Å². The molecule has 0 aliphatic heterocycles. The third kappa shape index (κ3) is 6.18. The highest BCUT2D eigenvalue weighted by Crippen LogP contribution is 2.22. The number of nitrogens with one attached hydrogen (secondary N) is 1. The zero-order valence-electron chi connectivity index (χ0n) is 19.3. The molecule has 0 spiro atoms. The normalized spacial score (nSPS) is 12.3. The van der Waals surface area contributed by atoms with Crippen molar-refractivity contribution in [1.82, 2.24) is 5.32 Å². The number of hydrogen-bond acceptors (Lipinski definition) is 3. The second kappa shape index (κ2) is 9.34. The zero-order chi connectivity index (χ0) is 22.7. The number of aryl methyl sites for hydroxylation is 3. The van der Waals surface area contributed by atoms with E-state index in [0.29, 0.717) is 0 Å². The van der Waals surface area contributed by atoms with Crippen LogP contribution in [0.4, 0.5) is 0 Å². The number of carbonyl (C=O) groups is 1. The van der Waals surface area contributed by atoms with Gasteiger partial charge in [-0.05, 0) is 89.6 Å². The summed E-state index contributed by atoms with van der Waals surface area (Å²) in [7, 11) is -3.19. The highest BCUT2D eigenvalue weighted by Gasteiger charge is 2.28. The summed E-state index contributed by atoms with van der Waals surface area (Å²) in [5, 5.41) is 2.98. The van der Waals surface area contributed by atoms with Crippen molar-refractivity contribution >= 4 is 15.7 Å². The molecular weight excluding hydrogens is 394 g/mol. The summed E-state index contributed by atoms with van der Waals surface area (Å²) in [5.74, 6) is 0.0269. The van der Waals surface area contributed by atoms with E-state index in [0.717, 1.165) is 40.7 Å². The molecule has 0 aromatic heterocycles. The van der Waals surface area contributed by atoms with Crippen molar-refractivity contribution in [2.45, 2.75) is 77.8 Å². The first-order chi connectivity index (χ1) is 13.8. The van der Waals surface area contributed by atoms with Gasteiger partial charge in [0.1, 0.15) is 0 Å². The van der Waals surface area contributed by atoms with E-state index < -0.39 is 14.6 Å². The van der Waals surface area contributed by atoms with Crippen LogP contribution in [0, 0.1) is 13.8 Å². The molecule has 0 bridgehead atoms. The fraction of sp³-hybridized carbons (Fsp3) is 0.480. The molecule has 0 heterocycles. The molecule has 0 atom stereocenters. The minimum Gasteiger partial charge on any atom is -0.350 e. The lowest BCUT2D eigenvalue weighted by molar-refractivity contribution is 0.0942. The molecule has 5 heteroatoms. The van der Waals surface area contributed by atoms with Gasteiger partial charge in [0.15, 0.2) is 9.84 Å². The van der Waals surface area contributed by atoms with Crippen LogP contribution in [0.2, 0.25) is 0 Å². The molecule has 2 aromatic rings. The van der Waals surface area contributed by atoms with Crippen LogP contribution in [0.5, 0.6) is 0 Å². The Morgan fingerprint density at radius 1 is 0.967 bits per heavy atom. The number of amides is 1. The Labute approximate surface area is 182 Å². The fourth-order valence-electron chi connectivity index (χ4n) is 3.29.